The minimum Gasteiger partial charge on any atom is -0.436 e. The summed E-state index contributed by atoms with van der Waals surface area (Å²) in [4.78, 5) is 23.5. The predicted molar refractivity (Wildman–Crippen MR) is 110 cm³/mol. The van der Waals surface area contributed by atoms with Gasteiger partial charge < -0.3 is 19.7 Å². The molecule has 2 aromatic rings. The van der Waals surface area contributed by atoms with Crippen LogP contribution in [0.15, 0.2) is 36.7 Å². The molecule has 0 radical (unpaired) electrons. The molecule has 2 fully saturated rings. The van der Waals surface area contributed by atoms with E-state index >= 15 is 0 Å². The first-order chi connectivity index (χ1) is 14.2. The van der Waals surface area contributed by atoms with Crippen LogP contribution in [-0.4, -0.2) is 48.2 Å². The first-order valence-corrected chi connectivity index (χ1v) is 10.4. The third kappa shape index (κ3) is 4.85. The largest absolute Gasteiger partial charge is 0.436 e. The molecule has 2 aliphatic rings. The zero-order valence-corrected chi connectivity index (χ0v) is 16.8. The second-order valence-corrected chi connectivity index (χ2v) is 7.75. The van der Waals surface area contributed by atoms with E-state index in [1.54, 1.807) is 36.7 Å². The highest BCUT2D eigenvalue weighted by atomic mass is 16.5. The molecule has 7 heteroatoms. The molecule has 1 saturated heterocycles. The average molecular weight is 396 g/mol. The van der Waals surface area contributed by atoms with Gasteiger partial charge in [-0.1, -0.05) is 19.8 Å². The van der Waals surface area contributed by atoms with Crippen LogP contribution in [0.2, 0.25) is 0 Å². The number of aromatic nitrogens is 2. The normalized spacial score (nSPS) is 22.2. The number of rotatable bonds is 5. The van der Waals surface area contributed by atoms with Crippen molar-refractivity contribution in [2.75, 3.05) is 31.2 Å². The molecule has 2 unspecified atom stereocenters. The number of ether oxygens (including phenoxy) is 2. The summed E-state index contributed by atoms with van der Waals surface area (Å²) in [7, 11) is 0. The van der Waals surface area contributed by atoms with Gasteiger partial charge in [0, 0.05) is 37.1 Å². The fraction of sp³-hybridized carbons (Fsp3) is 0.500. The zero-order valence-electron chi connectivity index (χ0n) is 16.8. The molecule has 1 N–H and O–H groups in total. The quantitative estimate of drug-likeness (QED) is 0.835. The second kappa shape index (κ2) is 9.22. The molecule has 2 heterocycles. The number of nitrogens with zero attached hydrogens (tertiary/aromatic N) is 3. The Morgan fingerprint density at radius 3 is 2.59 bits per heavy atom. The highest BCUT2D eigenvalue weighted by Crippen LogP contribution is 2.29. The van der Waals surface area contributed by atoms with E-state index in [0.717, 1.165) is 19.5 Å². The lowest BCUT2D eigenvalue weighted by Gasteiger charge is -2.29. The van der Waals surface area contributed by atoms with E-state index < -0.39 is 0 Å². The van der Waals surface area contributed by atoms with Crippen LogP contribution in [0, 0.1) is 5.92 Å². The van der Waals surface area contributed by atoms with E-state index in [1.807, 2.05) is 0 Å². The second-order valence-electron chi connectivity index (χ2n) is 7.75. The molecule has 1 aromatic carbocycles. The van der Waals surface area contributed by atoms with Crippen molar-refractivity contribution in [1.29, 1.82) is 0 Å². The van der Waals surface area contributed by atoms with Crippen LogP contribution in [0.1, 0.15) is 43.0 Å². The van der Waals surface area contributed by atoms with E-state index in [4.69, 9.17) is 9.47 Å². The van der Waals surface area contributed by atoms with Crippen molar-refractivity contribution in [3.05, 3.63) is 42.2 Å². The van der Waals surface area contributed by atoms with Gasteiger partial charge in [0.15, 0.2) is 5.82 Å². The highest BCUT2D eigenvalue weighted by Gasteiger charge is 2.23. The number of hydrogen-bond donors (Lipinski definition) is 1. The van der Waals surface area contributed by atoms with Crippen LogP contribution in [0.4, 0.5) is 5.82 Å². The van der Waals surface area contributed by atoms with Gasteiger partial charge in [-0.15, -0.1) is 0 Å². The summed E-state index contributed by atoms with van der Waals surface area (Å²) in [5, 5.41) is 3.19. The van der Waals surface area contributed by atoms with Crippen molar-refractivity contribution >= 4 is 11.7 Å². The summed E-state index contributed by atoms with van der Waals surface area (Å²) in [6, 6.07) is 7.46. The molecular formula is C22H28N4O3. The molecule has 154 valence electrons. The van der Waals surface area contributed by atoms with Crippen LogP contribution in [0.5, 0.6) is 11.6 Å². The molecule has 1 aliphatic carbocycles. The number of carbonyl (C=O) groups is 1. The Morgan fingerprint density at radius 1 is 1.10 bits per heavy atom. The van der Waals surface area contributed by atoms with Crippen LogP contribution in [0.25, 0.3) is 0 Å². The van der Waals surface area contributed by atoms with Crippen LogP contribution >= 0.6 is 0 Å². The summed E-state index contributed by atoms with van der Waals surface area (Å²) in [6.07, 6.45) is 7.97. The Bertz CT molecular complexity index is 821. The molecule has 0 bridgehead atoms. The van der Waals surface area contributed by atoms with Crippen molar-refractivity contribution in [3.63, 3.8) is 0 Å². The van der Waals surface area contributed by atoms with Gasteiger partial charge >= 0.3 is 0 Å². The number of amides is 1. The maximum Gasteiger partial charge on any atom is 0.263 e. The molecule has 4 rings (SSSR count). The average Bonchev–Trinajstić information content (AvgIpc) is 2.77. The summed E-state index contributed by atoms with van der Waals surface area (Å²) >= 11 is 0. The Labute approximate surface area is 171 Å². The number of anilines is 1. The first kappa shape index (κ1) is 19.6. The third-order valence-corrected chi connectivity index (χ3v) is 5.72. The summed E-state index contributed by atoms with van der Waals surface area (Å²) < 4.78 is 11.4. The smallest absolute Gasteiger partial charge is 0.263 e. The summed E-state index contributed by atoms with van der Waals surface area (Å²) in [6.45, 7) is 5.06. The maximum absolute atomic E-state index is 12.6. The lowest BCUT2D eigenvalue weighted by Crippen LogP contribution is -2.41. The molecule has 2 atom stereocenters. The zero-order chi connectivity index (χ0) is 20.1. The van der Waals surface area contributed by atoms with E-state index in [0.29, 0.717) is 42.1 Å². The van der Waals surface area contributed by atoms with Gasteiger partial charge in [0.2, 0.25) is 0 Å². The fourth-order valence-electron chi connectivity index (χ4n) is 3.95. The molecule has 1 aliphatic heterocycles. The lowest BCUT2D eigenvalue weighted by atomic mass is 9.86. The van der Waals surface area contributed by atoms with Gasteiger partial charge in [-0.3, -0.25) is 4.79 Å². The Balaban J connectivity index is 1.41. The minimum absolute atomic E-state index is 0.0243. The minimum atomic E-state index is -0.0243. The summed E-state index contributed by atoms with van der Waals surface area (Å²) in [5.41, 5.74) is 0.641. The van der Waals surface area contributed by atoms with E-state index in [1.165, 1.54) is 19.3 Å². The fourth-order valence-corrected chi connectivity index (χ4v) is 3.95. The van der Waals surface area contributed by atoms with E-state index in [-0.39, 0.29) is 11.9 Å². The van der Waals surface area contributed by atoms with Gasteiger partial charge in [0.1, 0.15) is 5.75 Å². The van der Waals surface area contributed by atoms with Crippen molar-refractivity contribution in [1.82, 2.24) is 15.3 Å². The summed E-state index contributed by atoms with van der Waals surface area (Å²) in [5.74, 6) is 2.31. The molecule has 7 nitrogen and oxygen atoms in total. The first-order valence-electron chi connectivity index (χ1n) is 10.4. The highest BCUT2D eigenvalue weighted by molar-refractivity contribution is 5.94. The van der Waals surface area contributed by atoms with Crippen LogP contribution in [0.3, 0.4) is 0 Å². The number of carbonyl (C=O) groups excluding carboxylic acids is 1. The van der Waals surface area contributed by atoms with Crippen molar-refractivity contribution < 1.29 is 14.3 Å². The van der Waals surface area contributed by atoms with Gasteiger partial charge in [-0.05, 0) is 43.0 Å². The lowest BCUT2D eigenvalue weighted by molar-refractivity contribution is 0.0910. The van der Waals surface area contributed by atoms with Crippen LogP contribution < -0.4 is 15.0 Å². The molecule has 1 aromatic heterocycles. The van der Waals surface area contributed by atoms with Gasteiger partial charge in [-0.25, -0.2) is 9.97 Å². The number of morpholine rings is 1. The predicted octanol–water partition coefficient (Wildman–Crippen LogP) is 3.41. The molecular weight excluding hydrogens is 368 g/mol. The van der Waals surface area contributed by atoms with Crippen LogP contribution in [-0.2, 0) is 4.74 Å². The number of benzene rings is 1. The van der Waals surface area contributed by atoms with Gasteiger partial charge in [0.25, 0.3) is 11.8 Å². The molecule has 1 saturated carbocycles. The van der Waals surface area contributed by atoms with Crippen molar-refractivity contribution in [2.45, 2.75) is 38.6 Å². The maximum atomic E-state index is 12.6. The Hall–Kier alpha value is -2.67. The van der Waals surface area contributed by atoms with Gasteiger partial charge in [0.05, 0.1) is 13.2 Å². The molecule has 29 heavy (non-hydrogen) atoms. The van der Waals surface area contributed by atoms with Crippen molar-refractivity contribution in [3.8, 4) is 11.6 Å². The number of nitrogens with one attached hydrogen (secondary N) is 1. The van der Waals surface area contributed by atoms with E-state index in [2.05, 4.69) is 27.1 Å². The monoisotopic (exact) mass is 396 g/mol. The SMILES string of the molecule is CC1CCCCC1NC(=O)c1ccc(Oc2nccnc2N2CCOCC2)cc1. The molecule has 1 amide bonds. The Morgan fingerprint density at radius 2 is 1.83 bits per heavy atom. The van der Waals surface area contributed by atoms with Crippen molar-refractivity contribution in [2.24, 2.45) is 5.92 Å². The standard InChI is InChI=1S/C22H28N4O3/c1-16-4-2-3-5-19(16)25-21(27)17-6-8-18(9-7-17)29-22-20(23-10-11-24-22)26-12-14-28-15-13-26/h6-11,16,19H,2-5,12-15H2,1H3,(H,25,27). The Kier molecular flexibility index (Phi) is 6.24. The number of hydrogen-bond acceptors (Lipinski definition) is 6. The van der Waals surface area contributed by atoms with Gasteiger partial charge in [-0.2, -0.15) is 0 Å². The topological polar surface area (TPSA) is 76.6 Å². The third-order valence-electron chi connectivity index (χ3n) is 5.72. The molecule has 0 spiro atoms. The van der Waals surface area contributed by atoms with E-state index in [9.17, 15) is 4.79 Å².